The fourth-order valence-corrected chi connectivity index (χ4v) is 3.40. The molecule has 27 heavy (non-hydrogen) atoms. The Morgan fingerprint density at radius 2 is 1.67 bits per heavy atom. The van der Waals surface area contributed by atoms with Crippen molar-refractivity contribution in [3.05, 3.63) is 41.1 Å². The van der Waals surface area contributed by atoms with Crippen LogP contribution in [0.5, 0.6) is 0 Å². The van der Waals surface area contributed by atoms with Gasteiger partial charge in [-0.1, -0.05) is 0 Å². The maximum absolute atomic E-state index is 5.48. The van der Waals surface area contributed by atoms with Crippen molar-refractivity contribution >= 4 is 5.82 Å². The first kappa shape index (κ1) is 17.6. The zero-order valence-corrected chi connectivity index (χ0v) is 16.2. The highest BCUT2D eigenvalue weighted by Gasteiger charge is 2.21. The van der Waals surface area contributed by atoms with E-state index in [1.165, 1.54) is 0 Å². The van der Waals surface area contributed by atoms with E-state index in [9.17, 15) is 0 Å². The number of hydrogen-bond acceptors (Lipinski definition) is 8. The van der Waals surface area contributed by atoms with Crippen LogP contribution in [0, 0.1) is 27.7 Å². The first-order valence-corrected chi connectivity index (χ1v) is 9.13. The van der Waals surface area contributed by atoms with Crippen molar-refractivity contribution in [2.75, 3.05) is 31.1 Å². The molecule has 4 rings (SSSR count). The Kier molecular flexibility index (Phi) is 4.61. The molecule has 0 saturated carbocycles. The quantitative estimate of drug-likeness (QED) is 0.686. The summed E-state index contributed by atoms with van der Waals surface area (Å²) in [7, 11) is 0. The molecule has 0 amide bonds. The third-order valence-electron chi connectivity index (χ3n) is 4.66. The lowest BCUT2D eigenvalue weighted by molar-refractivity contribution is 0.224. The van der Waals surface area contributed by atoms with Crippen LogP contribution >= 0.6 is 0 Å². The summed E-state index contributed by atoms with van der Waals surface area (Å²) in [6.45, 7) is 12.1. The van der Waals surface area contributed by atoms with E-state index in [0.717, 1.165) is 55.0 Å². The lowest BCUT2D eigenvalue weighted by atomic mass is 10.3. The Morgan fingerprint density at radius 3 is 2.30 bits per heavy atom. The van der Waals surface area contributed by atoms with Gasteiger partial charge >= 0.3 is 0 Å². The van der Waals surface area contributed by atoms with Gasteiger partial charge in [0, 0.05) is 44.9 Å². The largest absolute Gasteiger partial charge is 0.424 e. The molecule has 0 bridgehead atoms. The summed E-state index contributed by atoms with van der Waals surface area (Å²) in [5.41, 5.74) is 2.05. The molecule has 1 fully saturated rings. The SMILES string of the molecule is Cc1cc(C)n(-c2cc(N3CCN(Cc4nnc(C)o4)CC3)nc(C)n2)n1. The normalized spacial score (nSPS) is 15.5. The number of aromatic nitrogens is 6. The zero-order valence-electron chi connectivity index (χ0n) is 16.2. The van der Waals surface area contributed by atoms with Gasteiger partial charge in [-0.2, -0.15) is 5.10 Å². The molecule has 142 valence electrons. The lowest BCUT2D eigenvalue weighted by Gasteiger charge is -2.34. The van der Waals surface area contributed by atoms with Crippen molar-refractivity contribution in [3.63, 3.8) is 0 Å². The van der Waals surface area contributed by atoms with Gasteiger partial charge in [0.2, 0.25) is 11.8 Å². The van der Waals surface area contributed by atoms with Crippen LogP contribution in [-0.2, 0) is 6.54 Å². The Labute approximate surface area is 158 Å². The molecular formula is C18H24N8O. The molecular weight excluding hydrogens is 344 g/mol. The van der Waals surface area contributed by atoms with Gasteiger partial charge in [-0.25, -0.2) is 14.6 Å². The van der Waals surface area contributed by atoms with E-state index in [-0.39, 0.29) is 0 Å². The van der Waals surface area contributed by atoms with Crippen molar-refractivity contribution in [2.24, 2.45) is 0 Å². The van der Waals surface area contributed by atoms with Crippen LogP contribution in [0.4, 0.5) is 5.82 Å². The Hall–Kier alpha value is -2.81. The smallest absolute Gasteiger partial charge is 0.230 e. The second-order valence-electron chi connectivity index (χ2n) is 6.95. The lowest BCUT2D eigenvalue weighted by Crippen LogP contribution is -2.46. The molecule has 1 aliphatic rings. The van der Waals surface area contributed by atoms with Crippen molar-refractivity contribution < 1.29 is 4.42 Å². The van der Waals surface area contributed by atoms with E-state index < -0.39 is 0 Å². The molecule has 9 nitrogen and oxygen atoms in total. The summed E-state index contributed by atoms with van der Waals surface area (Å²) in [6, 6.07) is 4.07. The first-order chi connectivity index (χ1) is 13.0. The van der Waals surface area contributed by atoms with Crippen LogP contribution in [-0.4, -0.2) is 61.0 Å². The fourth-order valence-electron chi connectivity index (χ4n) is 3.40. The average molecular weight is 368 g/mol. The summed E-state index contributed by atoms with van der Waals surface area (Å²) in [6.07, 6.45) is 0. The maximum Gasteiger partial charge on any atom is 0.230 e. The first-order valence-electron chi connectivity index (χ1n) is 9.13. The third-order valence-corrected chi connectivity index (χ3v) is 4.66. The predicted molar refractivity (Wildman–Crippen MR) is 99.9 cm³/mol. The number of piperazine rings is 1. The molecule has 0 aliphatic carbocycles. The summed E-state index contributed by atoms with van der Waals surface area (Å²) >= 11 is 0. The van der Waals surface area contributed by atoms with Crippen molar-refractivity contribution in [1.82, 2.24) is 34.8 Å². The highest BCUT2D eigenvalue weighted by molar-refractivity contribution is 5.45. The second-order valence-corrected chi connectivity index (χ2v) is 6.95. The number of aryl methyl sites for hydroxylation is 4. The molecule has 0 N–H and O–H groups in total. The molecule has 0 aromatic carbocycles. The highest BCUT2D eigenvalue weighted by Crippen LogP contribution is 2.19. The summed E-state index contributed by atoms with van der Waals surface area (Å²) in [4.78, 5) is 13.8. The van der Waals surface area contributed by atoms with Gasteiger partial charge in [0.15, 0.2) is 5.82 Å². The van der Waals surface area contributed by atoms with Gasteiger partial charge in [-0.3, -0.25) is 4.90 Å². The molecule has 1 aliphatic heterocycles. The predicted octanol–water partition coefficient (Wildman–Crippen LogP) is 1.60. The number of nitrogens with zero attached hydrogens (tertiary/aromatic N) is 8. The summed E-state index contributed by atoms with van der Waals surface area (Å²) in [5, 5.41) is 12.5. The number of anilines is 1. The molecule has 1 saturated heterocycles. The Morgan fingerprint density at radius 1 is 0.926 bits per heavy atom. The van der Waals surface area contributed by atoms with E-state index in [1.54, 1.807) is 0 Å². The van der Waals surface area contributed by atoms with Crippen molar-refractivity contribution in [2.45, 2.75) is 34.2 Å². The molecule has 0 radical (unpaired) electrons. The van der Waals surface area contributed by atoms with Gasteiger partial charge in [0.1, 0.15) is 11.6 Å². The second kappa shape index (κ2) is 7.07. The van der Waals surface area contributed by atoms with Crippen LogP contribution in [0.3, 0.4) is 0 Å². The maximum atomic E-state index is 5.48. The molecule has 0 unspecified atom stereocenters. The molecule has 3 aromatic heterocycles. The van der Waals surface area contributed by atoms with Crippen molar-refractivity contribution in [1.29, 1.82) is 0 Å². The number of rotatable bonds is 4. The standard InChI is InChI=1S/C18H24N8O/c1-12-9-13(2)26(23-12)17-10-16(19-14(3)20-17)25-7-5-24(6-8-25)11-18-22-21-15(4)27-18/h9-10H,5-8,11H2,1-4H3. The monoisotopic (exact) mass is 368 g/mol. The van der Waals surface area contributed by atoms with E-state index in [1.807, 2.05) is 38.4 Å². The third kappa shape index (κ3) is 3.82. The van der Waals surface area contributed by atoms with Gasteiger partial charge in [0.05, 0.1) is 12.2 Å². The molecule has 0 atom stereocenters. The molecule has 9 heteroatoms. The molecule has 3 aromatic rings. The highest BCUT2D eigenvalue weighted by atomic mass is 16.4. The van der Waals surface area contributed by atoms with Crippen LogP contribution in [0.15, 0.2) is 16.5 Å². The summed E-state index contributed by atoms with van der Waals surface area (Å²) in [5.74, 6) is 3.78. The van der Waals surface area contributed by atoms with Gasteiger partial charge in [-0.15, -0.1) is 10.2 Å². The van der Waals surface area contributed by atoms with E-state index >= 15 is 0 Å². The summed E-state index contributed by atoms with van der Waals surface area (Å²) < 4.78 is 7.36. The molecule has 0 spiro atoms. The van der Waals surface area contributed by atoms with Gasteiger partial charge in [-0.05, 0) is 26.8 Å². The molecule has 4 heterocycles. The van der Waals surface area contributed by atoms with Crippen LogP contribution < -0.4 is 4.90 Å². The minimum Gasteiger partial charge on any atom is -0.424 e. The Bertz CT molecular complexity index is 939. The van der Waals surface area contributed by atoms with Gasteiger partial charge in [0.25, 0.3) is 0 Å². The Balaban J connectivity index is 1.47. The van der Waals surface area contributed by atoms with E-state index in [0.29, 0.717) is 18.3 Å². The zero-order chi connectivity index (χ0) is 19.0. The number of hydrogen-bond donors (Lipinski definition) is 0. The van der Waals surface area contributed by atoms with Crippen LogP contribution in [0.1, 0.15) is 29.0 Å². The van der Waals surface area contributed by atoms with E-state index in [2.05, 4.69) is 41.1 Å². The minimum absolute atomic E-state index is 0.608. The average Bonchev–Trinajstić information content (AvgIpc) is 3.19. The van der Waals surface area contributed by atoms with Gasteiger partial charge < -0.3 is 9.32 Å². The minimum atomic E-state index is 0.608. The topological polar surface area (TPSA) is 89.0 Å². The van der Waals surface area contributed by atoms with E-state index in [4.69, 9.17) is 4.42 Å². The van der Waals surface area contributed by atoms with Crippen LogP contribution in [0.2, 0.25) is 0 Å². The van der Waals surface area contributed by atoms with Crippen molar-refractivity contribution in [3.8, 4) is 5.82 Å². The fraction of sp³-hybridized carbons (Fsp3) is 0.500. The van der Waals surface area contributed by atoms with Crippen LogP contribution in [0.25, 0.3) is 5.82 Å².